The van der Waals surface area contributed by atoms with E-state index in [0.717, 1.165) is 22.7 Å². The highest BCUT2D eigenvalue weighted by Gasteiger charge is 2.07. The molecule has 0 spiro atoms. The number of benzene rings is 1. The summed E-state index contributed by atoms with van der Waals surface area (Å²) >= 11 is 0. The molecule has 0 radical (unpaired) electrons. The maximum absolute atomic E-state index is 11.2. The Labute approximate surface area is 90.2 Å². The molecule has 1 aromatic carbocycles. The maximum Gasteiger partial charge on any atom is 0.269 e. The molecule has 2 heterocycles. The topological polar surface area (TPSA) is 74.4 Å². The van der Waals surface area contributed by atoms with Crippen LogP contribution in [0.1, 0.15) is 0 Å². The summed E-state index contributed by atoms with van der Waals surface area (Å²) in [5.74, 6) is 0.477. The van der Waals surface area contributed by atoms with Gasteiger partial charge in [-0.25, -0.2) is 0 Å². The molecular formula is C11H8N4O. The Hall–Kier alpha value is -2.43. The first-order valence-corrected chi connectivity index (χ1v) is 4.83. The number of aromatic amines is 2. The van der Waals surface area contributed by atoms with Crippen molar-refractivity contribution in [3.05, 3.63) is 47.0 Å². The average molecular weight is 212 g/mol. The Balaban J connectivity index is 2.30. The predicted octanol–water partition coefficient (Wildman–Crippen LogP) is 1.31. The van der Waals surface area contributed by atoms with Crippen LogP contribution in [0.25, 0.3) is 22.3 Å². The van der Waals surface area contributed by atoms with Gasteiger partial charge in [-0.3, -0.25) is 4.79 Å². The number of H-pyrrole nitrogens is 2. The first-order valence-electron chi connectivity index (χ1n) is 4.83. The highest BCUT2D eigenvalue weighted by Crippen LogP contribution is 2.24. The fourth-order valence-electron chi connectivity index (χ4n) is 1.70. The Morgan fingerprint density at radius 3 is 2.94 bits per heavy atom. The molecule has 0 aliphatic carbocycles. The molecule has 2 N–H and O–H groups in total. The van der Waals surface area contributed by atoms with E-state index in [9.17, 15) is 4.79 Å². The van der Waals surface area contributed by atoms with Crippen LogP contribution in [-0.2, 0) is 0 Å². The van der Waals surface area contributed by atoms with Gasteiger partial charge in [0.05, 0.1) is 0 Å². The fourth-order valence-corrected chi connectivity index (χ4v) is 1.70. The van der Waals surface area contributed by atoms with Crippen molar-refractivity contribution in [3.63, 3.8) is 0 Å². The normalized spacial score (nSPS) is 10.8. The van der Waals surface area contributed by atoms with E-state index >= 15 is 0 Å². The third-order valence-electron chi connectivity index (χ3n) is 2.42. The van der Waals surface area contributed by atoms with Crippen molar-refractivity contribution in [1.29, 1.82) is 0 Å². The van der Waals surface area contributed by atoms with Crippen LogP contribution in [-0.4, -0.2) is 20.2 Å². The van der Waals surface area contributed by atoms with Crippen LogP contribution in [0.15, 0.2) is 41.5 Å². The van der Waals surface area contributed by atoms with Crippen molar-refractivity contribution in [1.82, 2.24) is 20.2 Å². The molecule has 0 fully saturated rings. The summed E-state index contributed by atoms with van der Waals surface area (Å²) in [6.45, 7) is 0. The Kier molecular flexibility index (Phi) is 1.83. The molecule has 16 heavy (non-hydrogen) atoms. The van der Waals surface area contributed by atoms with Crippen LogP contribution >= 0.6 is 0 Å². The van der Waals surface area contributed by atoms with E-state index in [2.05, 4.69) is 20.2 Å². The molecule has 0 aliphatic rings. The van der Waals surface area contributed by atoms with Crippen LogP contribution in [0.3, 0.4) is 0 Å². The quantitative estimate of drug-likeness (QED) is 0.638. The van der Waals surface area contributed by atoms with Gasteiger partial charge < -0.3 is 9.97 Å². The number of fused-ring (bicyclic) bond motifs is 1. The summed E-state index contributed by atoms with van der Waals surface area (Å²) in [5, 5.41) is 8.56. The minimum atomic E-state index is -0.254. The monoisotopic (exact) mass is 212 g/mol. The average Bonchev–Trinajstić information content (AvgIpc) is 2.72. The molecule has 3 aromatic rings. The number of rotatable bonds is 1. The van der Waals surface area contributed by atoms with Crippen molar-refractivity contribution < 1.29 is 0 Å². The minimum absolute atomic E-state index is 0.254. The summed E-state index contributed by atoms with van der Waals surface area (Å²) < 4.78 is 0. The van der Waals surface area contributed by atoms with E-state index in [-0.39, 0.29) is 5.56 Å². The Bertz CT molecular complexity index is 698. The molecule has 78 valence electrons. The Morgan fingerprint density at radius 1 is 1.19 bits per heavy atom. The molecule has 0 amide bonds. The van der Waals surface area contributed by atoms with Crippen LogP contribution in [0.2, 0.25) is 0 Å². The number of aromatic nitrogens is 4. The highest BCUT2D eigenvalue weighted by molar-refractivity contribution is 5.93. The maximum atomic E-state index is 11.2. The second kappa shape index (κ2) is 3.30. The SMILES string of the molecule is O=c1cnnc(-c2c[nH]c3ccccc23)[nH]1. The van der Waals surface area contributed by atoms with Gasteiger partial charge in [-0.15, -0.1) is 5.10 Å². The summed E-state index contributed by atoms with van der Waals surface area (Å²) in [7, 11) is 0. The smallest absolute Gasteiger partial charge is 0.269 e. The lowest BCUT2D eigenvalue weighted by Crippen LogP contribution is -2.08. The van der Waals surface area contributed by atoms with Crippen LogP contribution in [0.5, 0.6) is 0 Å². The zero-order chi connectivity index (χ0) is 11.0. The highest BCUT2D eigenvalue weighted by atomic mass is 16.1. The fraction of sp³-hybridized carbons (Fsp3) is 0. The Morgan fingerprint density at radius 2 is 2.06 bits per heavy atom. The first kappa shape index (κ1) is 8.84. The van der Waals surface area contributed by atoms with E-state index in [1.807, 2.05) is 30.5 Å². The van der Waals surface area contributed by atoms with E-state index < -0.39 is 0 Å². The number of hydrogen-bond donors (Lipinski definition) is 2. The van der Waals surface area contributed by atoms with Crippen molar-refractivity contribution in [2.24, 2.45) is 0 Å². The number of nitrogens with zero attached hydrogens (tertiary/aromatic N) is 2. The van der Waals surface area contributed by atoms with Crippen LogP contribution in [0.4, 0.5) is 0 Å². The van der Waals surface area contributed by atoms with Crippen LogP contribution in [0, 0.1) is 0 Å². The number of hydrogen-bond acceptors (Lipinski definition) is 3. The second-order valence-corrected chi connectivity index (χ2v) is 3.43. The van der Waals surface area contributed by atoms with E-state index in [1.54, 1.807) is 0 Å². The van der Waals surface area contributed by atoms with Gasteiger partial charge >= 0.3 is 0 Å². The van der Waals surface area contributed by atoms with E-state index in [1.165, 1.54) is 0 Å². The van der Waals surface area contributed by atoms with Gasteiger partial charge in [0.25, 0.3) is 5.56 Å². The van der Waals surface area contributed by atoms with Crippen LogP contribution < -0.4 is 5.56 Å². The van der Waals surface area contributed by atoms with Gasteiger partial charge in [0, 0.05) is 22.7 Å². The standard InChI is InChI=1S/C11H8N4O/c16-10-6-13-15-11(14-10)8-5-12-9-4-2-1-3-7(8)9/h1-6,12H,(H,14,15,16). The predicted molar refractivity (Wildman–Crippen MR) is 59.9 cm³/mol. The molecule has 2 aromatic heterocycles. The molecule has 5 heteroatoms. The molecule has 0 unspecified atom stereocenters. The van der Waals surface area contributed by atoms with Gasteiger partial charge in [0.1, 0.15) is 6.20 Å². The van der Waals surface area contributed by atoms with Crippen molar-refractivity contribution in [2.45, 2.75) is 0 Å². The lowest BCUT2D eigenvalue weighted by atomic mass is 10.2. The molecule has 0 saturated heterocycles. The molecule has 0 bridgehead atoms. The molecule has 0 atom stereocenters. The lowest BCUT2D eigenvalue weighted by Gasteiger charge is -1.95. The third-order valence-corrected chi connectivity index (χ3v) is 2.42. The van der Waals surface area contributed by atoms with Gasteiger partial charge in [-0.1, -0.05) is 18.2 Å². The zero-order valence-corrected chi connectivity index (χ0v) is 8.27. The minimum Gasteiger partial charge on any atom is -0.360 e. The van der Waals surface area contributed by atoms with Crippen molar-refractivity contribution >= 4 is 10.9 Å². The molecule has 3 rings (SSSR count). The second-order valence-electron chi connectivity index (χ2n) is 3.43. The molecular weight excluding hydrogens is 204 g/mol. The molecule has 0 saturated carbocycles. The summed E-state index contributed by atoms with van der Waals surface area (Å²) in [6.07, 6.45) is 2.96. The zero-order valence-electron chi connectivity index (χ0n) is 8.27. The van der Waals surface area contributed by atoms with Crippen molar-refractivity contribution in [3.8, 4) is 11.4 Å². The largest absolute Gasteiger partial charge is 0.360 e. The summed E-state index contributed by atoms with van der Waals surface area (Å²) in [4.78, 5) is 16.9. The molecule has 5 nitrogen and oxygen atoms in total. The summed E-state index contributed by atoms with van der Waals surface area (Å²) in [5.41, 5.74) is 1.60. The number of para-hydroxylation sites is 1. The first-order chi connectivity index (χ1) is 7.84. The van der Waals surface area contributed by atoms with Crippen molar-refractivity contribution in [2.75, 3.05) is 0 Å². The van der Waals surface area contributed by atoms with E-state index in [0.29, 0.717) is 5.82 Å². The summed E-state index contributed by atoms with van der Waals surface area (Å²) in [6, 6.07) is 7.82. The van der Waals surface area contributed by atoms with Gasteiger partial charge in [0.15, 0.2) is 5.82 Å². The van der Waals surface area contributed by atoms with Gasteiger partial charge in [-0.05, 0) is 6.07 Å². The van der Waals surface area contributed by atoms with E-state index in [4.69, 9.17) is 0 Å². The van der Waals surface area contributed by atoms with Gasteiger partial charge in [0.2, 0.25) is 0 Å². The molecule has 0 aliphatic heterocycles. The number of nitrogens with one attached hydrogen (secondary N) is 2. The third kappa shape index (κ3) is 1.30. The lowest BCUT2D eigenvalue weighted by molar-refractivity contribution is 0.956. The van der Waals surface area contributed by atoms with Gasteiger partial charge in [-0.2, -0.15) is 5.10 Å².